The first kappa shape index (κ1) is 18.9. The fourth-order valence-electron chi connectivity index (χ4n) is 0.856. The number of alkyl halides is 10. The first-order chi connectivity index (χ1) is 8.51. The summed E-state index contributed by atoms with van der Waals surface area (Å²) in [5.41, 5.74) is 0. The summed E-state index contributed by atoms with van der Waals surface area (Å²) in [6.07, 6.45) is -4.66. The van der Waals surface area contributed by atoms with Gasteiger partial charge in [-0.2, -0.15) is 35.1 Å². The zero-order valence-corrected chi connectivity index (χ0v) is 9.11. The Morgan fingerprint density at radius 3 is 1.35 bits per heavy atom. The number of allylic oxidation sites excluding steroid dienone is 2. The van der Waals surface area contributed by atoms with Crippen LogP contribution < -0.4 is 0 Å². The summed E-state index contributed by atoms with van der Waals surface area (Å²) in [4.78, 5) is 0. The van der Waals surface area contributed by atoms with Gasteiger partial charge < -0.3 is 0 Å². The fraction of sp³-hybridized carbons (Fsp3) is 0.750. The van der Waals surface area contributed by atoms with Gasteiger partial charge in [0.25, 0.3) is 6.43 Å². The maximum Gasteiger partial charge on any atom is 0.385 e. The molecule has 12 heteroatoms. The van der Waals surface area contributed by atoms with Gasteiger partial charge in [0.1, 0.15) is 0 Å². The van der Waals surface area contributed by atoms with Gasteiger partial charge in [-0.25, -0.2) is 17.6 Å². The Hall–Kier alpha value is -1.10. The van der Waals surface area contributed by atoms with Crippen LogP contribution in [0.4, 0.5) is 52.7 Å². The first-order valence-corrected chi connectivity index (χ1v) is 4.36. The fourth-order valence-corrected chi connectivity index (χ4v) is 0.856. The summed E-state index contributed by atoms with van der Waals surface area (Å²) >= 11 is 0. The maximum atomic E-state index is 12.7. The molecule has 0 radical (unpaired) electrons. The van der Waals surface area contributed by atoms with E-state index < -0.39 is 48.7 Å². The lowest BCUT2D eigenvalue weighted by Crippen LogP contribution is -2.61. The van der Waals surface area contributed by atoms with Crippen LogP contribution in [-0.2, 0) is 0 Å². The molecule has 0 atom stereocenters. The molecule has 120 valence electrons. The van der Waals surface area contributed by atoms with E-state index in [9.17, 15) is 52.7 Å². The molecule has 0 aliphatic rings. The number of halogens is 12. The topological polar surface area (TPSA) is 0 Å². The molecule has 0 rings (SSSR count). The molecule has 0 nitrogen and oxygen atoms in total. The Balaban J connectivity index is 6.02. The van der Waals surface area contributed by atoms with Gasteiger partial charge in [0, 0.05) is 6.92 Å². The number of hydrogen-bond acceptors (Lipinski definition) is 0. The van der Waals surface area contributed by atoms with E-state index in [1.54, 1.807) is 0 Å². The van der Waals surface area contributed by atoms with Crippen LogP contribution in [0.5, 0.6) is 0 Å². The van der Waals surface area contributed by atoms with Gasteiger partial charge in [-0.15, -0.1) is 0 Å². The van der Waals surface area contributed by atoms with Crippen LogP contribution in [0.2, 0.25) is 0 Å². The molecule has 0 aromatic carbocycles. The smallest absolute Gasteiger partial charge is 0.202 e. The highest BCUT2D eigenvalue weighted by Crippen LogP contribution is 2.55. The van der Waals surface area contributed by atoms with Crippen molar-refractivity contribution in [2.75, 3.05) is 0 Å². The van der Waals surface area contributed by atoms with Crippen molar-refractivity contribution in [3.63, 3.8) is 0 Å². The normalized spacial score (nSPS) is 16.5. The molecule has 0 bridgehead atoms. The summed E-state index contributed by atoms with van der Waals surface area (Å²) in [6, 6.07) is 0. The van der Waals surface area contributed by atoms with E-state index in [1.807, 2.05) is 0 Å². The molecule has 0 aliphatic carbocycles. The Kier molecular flexibility index (Phi) is 4.75. The van der Waals surface area contributed by atoms with Crippen molar-refractivity contribution in [3.8, 4) is 0 Å². The lowest BCUT2D eigenvalue weighted by molar-refractivity contribution is -0.356. The molecule has 0 amide bonds. The number of rotatable bonds is 5. The minimum atomic E-state index is -7.16. The van der Waals surface area contributed by atoms with Crippen molar-refractivity contribution in [2.45, 2.75) is 37.0 Å². The van der Waals surface area contributed by atoms with E-state index in [-0.39, 0.29) is 0 Å². The van der Waals surface area contributed by atoms with E-state index in [0.717, 1.165) is 0 Å². The molecule has 0 aliphatic heterocycles. The van der Waals surface area contributed by atoms with Gasteiger partial charge in [-0.1, -0.05) is 0 Å². The molecule has 0 N–H and O–H groups in total. The van der Waals surface area contributed by atoms with Crippen molar-refractivity contribution in [1.29, 1.82) is 0 Å². The van der Waals surface area contributed by atoms with Crippen molar-refractivity contribution in [3.05, 3.63) is 11.7 Å². The standard InChI is InChI=1S/C8H4F12/c1-5(13,14)7(17,18)8(19,20)6(15,16)3(10)2(9)4(11)12/h4H,1H3. The van der Waals surface area contributed by atoms with Gasteiger partial charge in [0.15, 0.2) is 0 Å². The largest absolute Gasteiger partial charge is 0.385 e. The van der Waals surface area contributed by atoms with Gasteiger partial charge in [0.05, 0.1) is 0 Å². The molecule has 0 aromatic heterocycles. The average molecular weight is 328 g/mol. The molecule has 0 saturated carbocycles. The Bertz CT molecular complexity index is 387. The molecular formula is C8H4F12. The summed E-state index contributed by atoms with van der Waals surface area (Å²) in [7, 11) is 0. The number of hydrogen-bond donors (Lipinski definition) is 0. The van der Waals surface area contributed by atoms with Crippen molar-refractivity contribution >= 4 is 0 Å². The SMILES string of the molecule is CC(F)(F)C(F)(F)C(F)(F)C(F)(F)C(F)=C(F)C(F)F. The van der Waals surface area contributed by atoms with Crippen LogP contribution >= 0.6 is 0 Å². The average Bonchev–Trinajstić information content (AvgIpc) is 2.24. The zero-order chi connectivity index (χ0) is 16.7. The third-order valence-electron chi connectivity index (χ3n) is 2.02. The van der Waals surface area contributed by atoms with Gasteiger partial charge in [0.2, 0.25) is 11.7 Å². The second-order valence-electron chi connectivity index (χ2n) is 3.57. The van der Waals surface area contributed by atoms with E-state index >= 15 is 0 Å². The highest BCUT2D eigenvalue weighted by molar-refractivity contribution is 5.19. The monoisotopic (exact) mass is 328 g/mol. The van der Waals surface area contributed by atoms with E-state index in [0.29, 0.717) is 0 Å². The van der Waals surface area contributed by atoms with Crippen LogP contribution in [0, 0.1) is 0 Å². The Labute approximate surface area is 103 Å². The second kappa shape index (κ2) is 5.02. The highest BCUT2D eigenvalue weighted by atomic mass is 19.4. The third-order valence-corrected chi connectivity index (χ3v) is 2.02. The Morgan fingerprint density at radius 1 is 0.750 bits per heavy atom. The van der Waals surface area contributed by atoms with E-state index in [1.165, 1.54) is 0 Å². The lowest BCUT2D eigenvalue weighted by Gasteiger charge is -2.34. The van der Waals surface area contributed by atoms with Gasteiger partial charge >= 0.3 is 23.7 Å². The molecule has 0 unspecified atom stereocenters. The molecule has 0 saturated heterocycles. The highest BCUT2D eigenvalue weighted by Gasteiger charge is 2.80. The second-order valence-corrected chi connectivity index (χ2v) is 3.57. The van der Waals surface area contributed by atoms with Crippen molar-refractivity contribution < 1.29 is 52.7 Å². The molecule has 20 heavy (non-hydrogen) atoms. The van der Waals surface area contributed by atoms with Crippen LogP contribution in [0.3, 0.4) is 0 Å². The predicted molar refractivity (Wildman–Crippen MR) is 40.7 cm³/mol. The van der Waals surface area contributed by atoms with Crippen molar-refractivity contribution in [1.82, 2.24) is 0 Å². The Morgan fingerprint density at radius 2 is 1.10 bits per heavy atom. The minimum absolute atomic E-state index is 0.887. The molecule has 0 aromatic rings. The summed E-state index contributed by atoms with van der Waals surface area (Å²) in [6.45, 7) is -0.887. The predicted octanol–water partition coefficient (Wildman–Crippen LogP) is 4.96. The van der Waals surface area contributed by atoms with Gasteiger partial charge in [-0.3, -0.25) is 0 Å². The van der Waals surface area contributed by atoms with Crippen LogP contribution in [0.25, 0.3) is 0 Å². The third kappa shape index (κ3) is 2.68. The van der Waals surface area contributed by atoms with Gasteiger partial charge in [-0.05, 0) is 0 Å². The van der Waals surface area contributed by atoms with Crippen molar-refractivity contribution in [2.24, 2.45) is 0 Å². The summed E-state index contributed by atoms with van der Waals surface area (Å²) in [5, 5.41) is 0. The van der Waals surface area contributed by atoms with Crippen LogP contribution in [0.15, 0.2) is 11.7 Å². The maximum absolute atomic E-state index is 12.7. The summed E-state index contributed by atoms with van der Waals surface area (Å²) in [5.74, 6) is -34.7. The van der Waals surface area contributed by atoms with Crippen LogP contribution in [-0.4, -0.2) is 30.1 Å². The lowest BCUT2D eigenvalue weighted by atomic mass is 9.98. The van der Waals surface area contributed by atoms with Crippen LogP contribution in [0.1, 0.15) is 6.92 Å². The van der Waals surface area contributed by atoms with E-state index in [4.69, 9.17) is 0 Å². The first-order valence-electron chi connectivity index (χ1n) is 4.36. The molecule has 0 fully saturated rings. The molecular weight excluding hydrogens is 324 g/mol. The quantitative estimate of drug-likeness (QED) is 0.626. The zero-order valence-electron chi connectivity index (χ0n) is 9.11. The molecule has 0 spiro atoms. The summed E-state index contributed by atoms with van der Waals surface area (Å²) < 4.78 is 148. The molecule has 0 heterocycles. The van der Waals surface area contributed by atoms with E-state index in [2.05, 4.69) is 0 Å². The minimum Gasteiger partial charge on any atom is -0.202 e.